The van der Waals surface area contributed by atoms with Crippen LogP contribution in [0.1, 0.15) is 10.4 Å². The monoisotopic (exact) mass is 312 g/mol. The van der Waals surface area contributed by atoms with E-state index in [0.29, 0.717) is 0 Å². The van der Waals surface area contributed by atoms with Gasteiger partial charge in [-0.15, -0.1) is 13.2 Å². The van der Waals surface area contributed by atoms with E-state index >= 15 is 0 Å². The minimum Gasteiger partial charge on any atom is -0.404 e. The number of alkyl halides is 3. The lowest BCUT2D eigenvalue weighted by molar-refractivity contribution is -0.274. The highest BCUT2D eigenvalue weighted by molar-refractivity contribution is 6.04. The molecule has 0 unspecified atom stereocenters. The van der Waals surface area contributed by atoms with Crippen LogP contribution in [-0.4, -0.2) is 16.8 Å². The van der Waals surface area contributed by atoms with Crippen LogP contribution in [0.2, 0.25) is 0 Å². The predicted octanol–water partition coefficient (Wildman–Crippen LogP) is 2.54. The molecular weight excluding hydrogens is 301 g/mol. The number of nitrogens with zero attached hydrogens (tertiary/aromatic N) is 1. The third-order valence-electron chi connectivity index (χ3n) is 2.73. The number of benzene rings is 1. The first-order valence-corrected chi connectivity index (χ1v) is 6.09. The highest BCUT2D eigenvalue weighted by Crippen LogP contribution is 2.30. The Bertz CT molecular complexity index is 753. The van der Waals surface area contributed by atoms with E-state index in [1.165, 1.54) is 42.1 Å². The number of nitrogens with one attached hydrogen (secondary N) is 1. The summed E-state index contributed by atoms with van der Waals surface area (Å²) in [5, 5.41) is 2.28. The van der Waals surface area contributed by atoms with Crippen LogP contribution in [0.4, 0.5) is 18.9 Å². The number of aryl methyl sites for hydroxylation is 1. The quantitative estimate of drug-likeness (QED) is 0.947. The number of halogens is 3. The number of pyridine rings is 1. The number of para-hydroxylation sites is 2. The van der Waals surface area contributed by atoms with Crippen molar-refractivity contribution in [1.82, 2.24) is 4.57 Å². The minimum absolute atomic E-state index is 0.0323. The molecule has 1 heterocycles. The lowest BCUT2D eigenvalue weighted by Crippen LogP contribution is -2.21. The average molecular weight is 312 g/mol. The number of anilines is 1. The van der Waals surface area contributed by atoms with Gasteiger partial charge in [0.2, 0.25) is 0 Å². The molecule has 1 aromatic heterocycles. The second kappa shape index (κ2) is 5.92. The van der Waals surface area contributed by atoms with Crippen LogP contribution >= 0.6 is 0 Å². The second-order valence-corrected chi connectivity index (χ2v) is 4.36. The Morgan fingerprint density at radius 1 is 1.23 bits per heavy atom. The summed E-state index contributed by atoms with van der Waals surface area (Å²) in [5.74, 6) is -1.25. The van der Waals surface area contributed by atoms with E-state index in [4.69, 9.17) is 0 Å². The van der Waals surface area contributed by atoms with Gasteiger partial charge in [0.1, 0.15) is 0 Å². The molecule has 0 atom stereocenters. The van der Waals surface area contributed by atoms with Gasteiger partial charge in [0.25, 0.3) is 11.5 Å². The summed E-state index contributed by atoms with van der Waals surface area (Å²) >= 11 is 0. The van der Waals surface area contributed by atoms with Crippen molar-refractivity contribution in [2.75, 3.05) is 5.32 Å². The van der Waals surface area contributed by atoms with Crippen LogP contribution in [-0.2, 0) is 7.05 Å². The van der Waals surface area contributed by atoms with Gasteiger partial charge < -0.3 is 14.6 Å². The molecule has 22 heavy (non-hydrogen) atoms. The van der Waals surface area contributed by atoms with Crippen LogP contribution in [0.3, 0.4) is 0 Å². The zero-order chi connectivity index (χ0) is 16.3. The highest BCUT2D eigenvalue weighted by Gasteiger charge is 2.32. The van der Waals surface area contributed by atoms with Crippen LogP contribution in [0.25, 0.3) is 0 Å². The van der Waals surface area contributed by atoms with Crippen LogP contribution in [0, 0.1) is 0 Å². The molecule has 0 saturated carbocycles. The number of aromatic nitrogens is 1. The van der Waals surface area contributed by atoms with Crippen molar-refractivity contribution in [1.29, 1.82) is 0 Å². The van der Waals surface area contributed by atoms with E-state index in [9.17, 15) is 22.8 Å². The maximum Gasteiger partial charge on any atom is 0.573 e. The number of hydrogen-bond acceptors (Lipinski definition) is 3. The van der Waals surface area contributed by atoms with Crippen molar-refractivity contribution in [3.8, 4) is 5.75 Å². The van der Waals surface area contributed by atoms with Gasteiger partial charge in [0, 0.05) is 24.9 Å². The molecule has 0 aliphatic carbocycles. The molecule has 0 saturated heterocycles. The van der Waals surface area contributed by atoms with Crippen LogP contribution in [0.5, 0.6) is 5.75 Å². The number of hydrogen-bond donors (Lipinski definition) is 1. The third-order valence-corrected chi connectivity index (χ3v) is 2.73. The molecule has 0 radical (unpaired) electrons. The number of rotatable bonds is 3. The highest BCUT2D eigenvalue weighted by atomic mass is 19.4. The first kappa shape index (κ1) is 15.6. The van der Waals surface area contributed by atoms with E-state index in [2.05, 4.69) is 10.1 Å². The Morgan fingerprint density at radius 2 is 1.91 bits per heavy atom. The van der Waals surface area contributed by atoms with E-state index < -0.39 is 23.6 Å². The number of amides is 1. The van der Waals surface area contributed by atoms with E-state index in [1.54, 1.807) is 0 Å². The van der Waals surface area contributed by atoms with Crippen LogP contribution in [0.15, 0.2) is 47.4 Å². The molecule has 2 aromatic rings. The van der Waals surface area contributed by atoms with Crippen molar-refractivity contribution in [2.24, 2.45) is 7.05 Å². The Balaban J connectivity index is 2.25. The zero-order valence-corrected chi connectivity index (χ0v) is 11.3. The van der Waals surface area contributed by atoms with Gasteiger partial charge in [-0.1, -0.05) is 12.1 Å². The first-order chi connectivity index (χ1) is 10.3. The molecule has 0 aliphatic heterocycles. The van der Waals surface area contributed by atoms with Crippen molar-refractivity contribution >= 4 is 11.6 Å². The average Bonchev–Trinajstić information content (AvgIpc) is 2.42. The lowest BCUT2D eigenvalue weighted by Gasteiger charge is -2.13. The predicted molar refractivity (Wildman–Crippen MR) is 72.8 cm³/mol. The smallest absolute Gasteiger partial charge is 0.404 e. The van der Waals surface area contributed by atoms with Crippen molar-refractivity contribution < 1.29 is 22.7 Å². The van der Waals surface area contributed by atoms with Crippen LogP contribution < -0.4 is 15.6 Å². The molecule has 5 nitrogen and oxygen atoms in total. The van der Waals surface area contributed by atoms with Gasteiger partial charge in [-0.25, -0.2) is 0 Å². The molecule has 116 valence electrons. The summed E-state index contributed by atoms with van der Waals surface area (Å²) in [6.45, 7) is 0. The van der Waals surface area contributed by atoms with Gasteiger partial charge in [-0.05, 0) is 18.2 Å². The summed E-state index contributed by atoms with van der Waals surface area (Å²) < 4.78 is 42.0. The Hall–Kier alpha value is -2.77. The Kier molecular flexibility index (Phi) is 4.20. The molecule has 1 aromatic carbocycles. The maximum atomic E-state index is 12.3. The lowest BCUT2D eigenvalue weighted by atomic mass is 10.2. The van der Waals surface area contributed by atoms with Crippen molar-refractivity contribution in [2.45, 2.75) is 6.36 Å². The summed E-state index contributed by atoms with van der Waals surface area (Å²) in [6, 6.07) is 7.59. The molecule has 0 bridgehead atoms. The van der Waals surface area contributed by atoms with Crippen molar-refractivity contribution in [3.63, 3.8) is 0 Å². The topological polar surface area (TPSA) is 60.3 Å². The zero-order valence-electron chi connectivity index (χ0n) is 11.3. The van der Waals surface area contributed by atoms with Crippen molar-refractivity contribution in [3.05, 3.63) is 58.5 Å². The molecular formula is C14H11F3N2O3. The second-order valence-electron chi connectivity index (χ2n) is 4.36. The SMILES string of the molecule is Cn1ccc(C(=O)Nc2ccccc2OC(F)(F)F)cc1=O. The van der Waals surface area contributed by atoms with E-state index in [1.807, 2.05) is 0 Å². The number of ether oxygens (including phenoxy) is 1. The fourth-order valence-corrected chi connectivity index (χ4v) is 1.67. The van der Waals surface area contributed by atoms with Gasteiger partial charge in [0.15, 0.2) is 5.75 Å². The Morgan fingerprint density at radius 3 is 2.55 bits per heavy atom. The standard InChI is InChI=1S/C14H11F3N2O3/c1-19-7-6-9(8-12(19)20)13(21)18-10-4-2-3-5-11(10)22-14(15,16)17/h2-8H,1H3,(H,18,21). The summed E-state index contributed by atoms with van der Waals surface area (Å²) in [4.78, 5) is 23.5. The summed E-state index contributed by atoms with van der Waals surface area (Å²) in [6.07, 6.45) is -3.49. The van der Waals surface area contributed by atoms with Gasteiger partial charge in [-0.2, -0.15) is 0 Å². The molecule has 2 rings (SSSR count). The molecule has 8 heteroatoms. The fourth-order valence-electron chi connectivity index (χ4n) is 1.67. The fraction of sp³-hybridized carbons (Fsp3) is 0.143. The minimum atomic E-state index is -4.87. The third kappa shape index (κ3) is 3.87. The molecule has 0 aliphatic rings. The normalized spacial score (nSPS) is 11.1. The molecule has 0 fully saturated rings. The molecule has 0 spiro atoms. The largest absolute Gasteiger partial charge is 0.573 e. The summed E-state index contributed by atoms with van der Waals surface area (Å²) in [7, 11) is 1.51. The summed E-state index contributed by atoms with van der Waals surface area (Å²) in [5.41, 5.74) is -0.525. The molecule has 1 amide bonds. The number of carbonyl (C=O) groups excluding carboxylic acids is 1. The van der Waals surface area contributed by atoms with E-state index in [0.717, 1.165) is 12.1 Å². The Labute approximate surface area is 122 Å². The first-order valence-electron chi connectivity index (χ1n) is 6.09. The molecule has 1 N–H and O–H groups in total. The van der Waals surface area contributed by atoms with Gasteiger partial charge in [0.05, 0.1) is 5.69 Å². The van der Waals surface area contributed by atoms with Gasteiger partial charge >= 0.3 is 6.36 Å². The van der Waals surface area contributed by atoms with E-state index in [-0.39, 0.29) is 11.3 Å². The maximum absolute atomic E-state index is 12.3. The number of carbonyl (C=O) groups is 1. The van der Waals surface area contributed by atoms with Gasteiger partial charge in [-0.3, -0.25) is 9.59 Å².